The second-order valence-corrected chi connectivity index (χ2v) is 7.46. The average molecular weight is 398 g/mol. The monoisotopic (exact) mass is 398 g/mol. The first kappa shape index (κ1) is 18.3. The van der Waals surface area contributed by atoms with E-state index in [4.69, 9.17) is 4.98 Å². The molecule has 0 spiro atoms. The Kier molecular flexibility index (Phi) is 4.63. The highest BCUT2D eigenvalue weighted by atomic mass is 16.2. The van der Waals surface area contributed by atoms with E-state index in [1.807, 2.05) is 42.6 Å². The van der Waals surface area contributed by atoms with E-state index in [-0.39, 0.29) is 12.1 Å². The molecule has 2 amide bonds. The number of carbonyl (C=O) groups excluding carboxylic acids is 1. The predicted molar refractivity (Wildman–Crippen MR) is 120 cm³/mol. The Labute approximate surface area is 175 Å². The number of fused-ring (bicyclic) bond motifs is 4. The molecule has 1 saturated heterocycles. The molecule has 1 aromatic carbocycles. The van der Waals surface area contributed by atoms with Crippen LogP contribution in [0.1, 0.15) is 12.0 Å². The summed E-state index contributed by atoms with van der Waals surface area (Å²) >= 11 is 0. The minimum atomic E-state index is -0.196. The third-order valence-corrected chi connectivity index (χ3v) is 5.53. The summed E-state index contributed by atoms with van der Waals surface area (Å²) in [5.74, 6) is 1.23. The lowest BCUT2D eigenvalue weighted by Crippen LogP contribution is -2.48. The summed E-state index contributed by atoms with van der Waals surface area (Å²) in [5, 5.41) is 2.92. The van der Waals surface area contributed by atoms with Gasteiger partial charge < -0.3 is 4.90 Å². The third-order valence-electron chi connectivity index (χ3n) is 5.53. The Morgan fingerprint density at radius 1 is 1.20 bits per heavy atom. The summed E-state index contributed by atoms with van der Waals surface area (Å²) in [7, 11) is 1.76. The van der Waals surface area contributed by atoms with Crippen molar-refractivity contribution in [3.8, 4) is 11.3 Å². The molecule has 2 bridgehead atoms. The maximum absolute atomic E-state index is 13.2. The molecule has 1 atom stereocenters. The number of nitrogens with zero attached hydrogens (tertiary/aromatic N) is 5. The molecule has 0 saturated carbocycles. The smallest absolute Gasteiger partial charge is 0.329 e. The quantitative estimate of drug-likeness (QED) is 0.681. The van der Waals surface area contributed by atoms with Gasteiger partial charge in [-0.25, -0.2) is 14.8 Å². The highest BCUT2D eigenvalue weighted by molar-refractivity contribution is 6.04. The molecule has 4 heterocycles. The van der Waals surface area contributed by atoms with Gasteiger partial charge in [-0.2, -0.15) is 0 Å². The zero-order valence-corrected chi connectivity index (χ0v) is 16.7. The lowest BCUT2D eigenvalue weighted by atomic mass is 10.1. The normalized spacial score (nSPS) is 17.3. The first-order valence-electron chi connectivity index (χ1n) is 10.0. The minimum absolute atomic E-state index is 0.0996. The molecule has 1 fully saturated rings. The van der Waals surface area contributed by atoms with E-state index in [1.165, 1.54) is 0 Å². The van der Waals surface area contributed by atoms with Crippen LogP contribution in [0.25, 0.3) is 11.3 Å². The number of urea groups is 1. The Hall–Kier alpha value is -3.74. The molecule has 7 heteroatoms. The maximum atomic E-state index is 13.2. The topological polar surface area (TPSA) is 73.7 Å². The number of aliphatic imine (C=N–C) groups is 1. The van der Waals surface area contributed by atoms with Gasteiger partial charge in [0.05, 0.1) is 17.4 Å². The van der Waals surface area contributed by atoms with Crippen LogP contribution in [0.15, 0.2) is 65.8 Å². The molecule has 30 heavy (non-hydrogen) atoms. The van der Waals surface area contributed by atoms with Crippen molar-refractivity contribution in [2.45, 2.75) is 12.5 Å². The number of aromatic nitrogens is 2. The van der Waals surface area contributed by atoms with Crippen molar-refractivity contribution < 1.29 is 4.79 Å². The van der Waals surface area contributed by atoms with Gasteiger partial charge in [-0.3, -0.25) is 15.2 Å². The third kappa shape index (κ3) is 3.28. The molecule has 150 valence electrons. The van der Waals surface area contributed by atoms with Crippen molar-refractivity contribution in [2.24, 2.45) is 4.99 Å². The summed E-state index contributed by atoms with van der Waals surface area (Å²) in [6, 6.07) is 17.5. The van der Waals surface area contributed by atoms with Gasteiger partial charge in [-0.05, 0) is 42.3 Å². The molecule has 2 aliphatic heterocycles. The number of amides is 2. The van der Waals surface area contributed by atoms with Crippen LogP contribution in [0.2, 0.25) is 0 Å². The van der Waals surface area contributed by atoms with Crippen molar-refractivity contribution in [3.63, 3.8) is 0 Å². The van der Waals surface area contributed by atoms with Gasteiger partial charge in [0, 0.05) is 38.1 Å². The summed E-state index contributed by atoms with van der Waals surface area (Å²) in [5.41, 5.74) is 3.84. The van der Waals surface area contributed by atoms with Crippen molar-refractivity contribution in [2.75, 3.05) is 35.3 Å². The van der Waals surface area contributed by atoms with Crippen LogP contribution >= 0.6 is 0 Å². The Morgan fingerprint density at radius 3 is 2.97 bits per heavy atom. The van der Waals surface area contributed by atoms with Gasteiger partial charge in [-0.15, -0.1) is 0 Å². The number of carbonyl (C=O) groups is 1. The van der Waals surface area contributed by atoms with Crippen LogP contribution < -0.4 is 15.1 Å². The predicted octanol–water partition coefficient (Wildman–Crippen LogP) is 3.82. The fourth-order valence-corrected chi connectivity index (χ4v) is 4.17. The van der Waals surface area contributed by atoms with Crippen molar-refractivity contribution in [1.29, 1.82) is 0 Å². The van der Waals surface area contributed by atoms with Crippen LogP contribution in [0.3, 0.4) is 0 Å². The standard InChI is InChI=1S/C23H22N6O/c1-24-14-16-5-4-6-17(13-16)19-8-9-20-22(26-19)29(18-10-12-28(20)15-18)23(30)27-21-7-2-3-11-25-21/h2-9,11,13-14,18H,10,12,15H2,1H3,(H,25,27,30)/b24-14+/t18-/m0/s1. The van der Waals surface area contributed by atoms with E-state index in [0.29, 0.717) is 11.6 Å². The molecule has 3 aromatic rings. The highest BCUT2D eigenvalue weighted by Crippen LogP contribution is 2.40. The number of hydrogen-bond acceptors (Lipinski definition) is 5. The summed E-state index contributed by atoms with van der Waals surface area (Å²) in [6.45, 7) is 1.75. The molecule has 0 unspecified atom stereocenters. The molecule has 5 rings (SSSR count). The maximum Gasteiger partial charge on any atom is 0.329 e. The van der Waals surface area contributed by atoms with Crippen LogP contribution in [-0.4, -0.2) is 48.4 Å². The largest absolute Gasteiger partial charge is 0.366 e. The fourth-order valence-electron chi connectivity index (χ4n) is 4.17. The Morgan fingerprint density at radius 2 is 2.13 bits per heavy atom. The SMILES string of the molecule is C/N=C/c1cccc(-c2ccc3c(n2)N(C(=O)Nc2ccccn2)[C@H]2CCN3C2)c1. The zero-order chi connectivity index (χ0) is 20.5. The molecule has 1 N–H and O–H groups in total. The first-order chi connectivity index (χ1) is 14.7. The lowest BCUT2D eigenvalue weighted by Gasteiger charge is -2.35. The molecule has 7 nitrogen and oxygen atoms in total. The average Bonchev–Trinajstić information content (AvgIpc) is 3.19. The highest BCUT2D eigenvalue weighted by Gasteiger charge is 2.40. The number of benzene rings is 1. The molecule has 0 aliphatic carbocycles. The van der Waals surface area contributed by atoms with Gasteiger partial charge in [0.2, 0.25) is 0 Å². The number of pyridine rings is 2. The van der Waals surface area contributed by atoms with Gasteiger partial charge in [-0.1, -0.05) is 24.3 Å². The lowest BCUT2D eigenvalue weighted by molar-refractivity contribution is 0.254. The molecule has 0 radical (unpaired) electrons. The number of anilines is 3. The first-order valence-corrected chi connectivity index (χ1v) is 10.0. The van der Waals surface area contributed by atoms with Crippen LogP contribution in [0, 0.1) is 0 Å². The second-order valence-electron chi connectivity index (χ2n) is 7.46. The molecular weight excluding hydrogens is 376 g/mol. The van der Waals surface area contributed by atoms with E-state index in [9.17, 15) is 4.79 Å². The van der Waals surface area contributed by atoms with E-state index in [1.54, 1.807) is 24.2 Å². The Balaban J connectivity index is 1.53. The Bertz CT molecular complexity index is 1110. The van der Waals surface area contributed by atoms with Crippen LogP contribution in [-0.2, 0) is 0 Å². The van der Waals surface area contributed by atoms with Gasteiger partial charge in [0.25, 0.3) is 0 Å². The summed E-state index contributed by atoms with van der Waals surface area (Å²) < 4.78 is 0. The van der Waals surface area contributed by atoms with Gasteiger partial charge in [0.15, 0.2) is 5.82 Å². The summed E-state index contributed by atoms with van der Waals surface area (Å²) in [4.78, 5) is 30.6. The van der Waals surface area contributed by atoms with Crippen molar-refractivity contribution in [3.05, 3.63) is 66.4 Å². The van der Waals surface area contributed by atoms with E-state index in [0.717, 1.165) is 42.0 Å². The van der Waals surface area contributed by atoms with E-state index < -0.39 is 0 Å². The molecule has 2 aromatic heterocycles. The summed E-state index contributed by atoms with van der Waals surface area (Å²) in [6.07, 6.45) is 4.41. The van der Waals surface area contributed by atoms with Crippen molar-refractivity contribution in [1.82, 2.24) is 9.97 Å². The number of nitrogens with one attached hydrogen (secondary N) is 1. The minimum Gasteiger partial charge on any atom is -0.366 e. The fraction of sp³-hybridized carbons (Fsp3) is 0.217. The van der Waals surface area contributed by atoms with Gasteiger partial charge >= 0.3 is 6.03 Å². The van der Waals surface area contributed by atoms with Crippen molar-refractivity contribution >= 4 is 29.6 Å². The number of rotatable bonds is 3. The van der Waals surface area contributed by atoms with E-state index >= 15 is 0 Å². The van der Waals surface area contributed by atoms with Crippen LogP contribution in [0.5, 0.6) is 0 Å². The second kappa shape index (κ2) is 7.59. The van der Waals surface area contributed by atoms with Gasteiger partial charge in [0.1, 0.15) is 5.82 Å². The van der Waals surface area contributed by atoms with E-state index in [2.05, 4.69) is 32.3 Å². The number of hydrogen-bond donors (Lipinski definition) is 1. The zero-order valence-electron chi connectivity index (χ0n) is 16.7. The molecular formula is C23H22N6O. The van der Waals surface area contributed by atoms with Crippen LogP contribution in [0.4, 0.5) is 22.1 Å². The molecule has 2 aliphatic rings.